The molecule has 2 aromatic heterocycles. The summed E-state index contributed by atoms with van der Waals surface area (Å²) in [6.45, 7) is 3.00. The van der Waals surface area contributed by atoms with Crippen LogP contribution < -0.4 is 0 Å². The maximum Gasteiger partial charge on any atom is 0.138 e. The van der Waals surface area contributed by atoms with E-state index in [4.69, 9.17) is 0 Å². The monoisotopic (exact) mass is 419 g/mol. The van der Waals surface area contributed by atoms with Crippen LogP contribution in [0.15, 0.2) is 58.3 Å². The van der Waals surface area contributed by atoms with Gasteiger partial charge in [-0.25, -0.2) is 13.7 Å². The predicted molar refractivity (Wildman–Crippen MR) is 104 cm³/mol. The van der Waals surface area contributed by atoms with Crippen LogP contribution in [-0.4, -0.2) is 26.9 Å². The number of fused-ring (bicyclic) bond motifs is 1. The maximum absolute atomic E-state index is 13.8. The van der Waals surface area contributed by atoms with E-state index in [-0.39, 0.29) is 5.82 Å². The molecule has 0 bridgehead atoms. The Morgan fingerprint density at radius 3 is 2.80 bits per heavy atom. The lowest BCUT2D eigenvalue weighted by Crippen LogP contribution is -2.30. The molecule has 4 rings (SSSR count). The molecule has 0 unspecified atom stereocenters. The van der Waals surface area contributed by atoms with E-state index >= 15 is 0 Å². The lowest BCUT2D eigenvalue weighted by Gasteiger charge is -2.31. The van der Waals surface area contributed by atoms with Gasteiger partial charge < -0.3 is 4.57 Å². The maximum atomic E-state index is 13.8. The number of hydrogen-bond acceptors (Lipinski definition) is 3. The lowest BCUT2D eigenvalue weighted by atomic mass is 9.98. The van der Waals surface area contributed by atoms with Gasteiger partial charge in [-0.05, 0) is 70.9 Å². The largest absolute Gasteiger partial charge is 0.346 e. The summed E-state index contributed by atoms with van der Waals surface area (Å²) < 4.78 is 19.2. The van der Waals surface area contributed by atoms with E-state index in [1.807, 2.05) is 18.3 Å². The van der Waals surface area contributed by atoms with E-state index < -0.39 is 0 Å². The van der Waals surface area contributed by atoms with Crippen LogP contribution in [0.2, 0.25) is 0 Å². The normalized spacial score (nSPS) is 16.6. The van der Waals surface area contributed by atoms with Gasteiger partial charge in [0.05, 0.1) is 16.6 Å². The minimum Gasteiger partial charge on any atom is -0.346 e. The Morgan fingerprint density at radius 2 is 2.00 bits per heavy atom. The van der Waals surface area contributed by atoms with E-state index in [1.165, 1.54) is 17.0 Å². The van der Waals surface area contributed by atoms with Crippen molar-refractivity contribution in [3.63, 3.8) is 0 Å². The first kappa shape index (κ1) is 17.1. The lowest BCUT2D eigenvalue weighted by molar-refractivity contribution is 0.269. The first-order valence-corrected chi connectivity index (χ1v) is 10.0. The first-order chi connectivity index (χ1) is 12.2. The molecule has 3 heterocycles. The highest BCUT2D eigenvalue weighted by Crippen LogP contribution is 2.31. The van der Waals surface area contributed by atoms with Crippen LogP contribution in [0.3, 0.4) is 0 Å². The number of aromatic nitrogens is 2. The van der Waals surface area contributed by atoms with Crippen molar-refractivity contribution in [1.29, 1.82) is 0 Å². The Bertz CT molecular complexity index is 874. The summed E-state index contributed by atoms with van der Waals surface area (Å²) in [7, 11) is 0. The van der Waals surface area contributed by atoms with Crippen molar-refractivity contribution < 1.29 is 4.39 Å². The minimum absolute atomic E-state index is 0.132. The van der Waals surface area contributed by atoms with E-state index in [2.05, 4.69) is 48.1 Å². The third-order valence-electron chi connectivity index (χ3n) is 4.72. The van der Waals surface area contributed by atoms with Crippen LogP contribution >= 0.6 is 27.9 Å². The van der Waals surface area contributed by atoms with Gasteiger partial charge in [-0.2, -0.15) is 0 Å². The smallest absolute Gasteiger partial charge is 0.138 e. The second kappa shape index (κ2) is 7.48. The molecule has 1 aromatic carbocycles. The summed E-state index contributed by atoms with van der Waals surface area (Å²) in [5.41, 5.74) is 1.19. The average Bonchev–Trinajstić information content (AvgIpc) is 3.00. The van der Waals surface area contributed by atoms with Crippen LogP contribution in [0.25, 0.3) is 10.9 Å². The topological polar surface area (TPSA) is 21.1 Å². The third-order valence-corrected chi connectivity index (χ3v) is 6.30. The molecule has 0 spiro atoms. The van der Waals surface area contributed by atoms with Crippen LogP contribution in [0.4, 0.5) is 4.39 Å². The molecule has 0 saturated carbocycles. The van der Waals surface area contributed by atoms with Crippen molar-refractivity contribution in [2.75, 3.05) is 13.1 Å². The van der Waals surface area contributed by atoms with Crippen LogP contribution in [0.1, 0.15) is 12.8 Å². The fourth-order valence-corrected chi connectivity index (χ4v) is 4.65. The number of halogens is 2. The van der Waals surface area contributed by atoms with Gasteiger partial charge >= 0.3 is 0 Å². The molecule has 0 radical (unpaired) electrons. The molecule has 3 aromatic rings. The zero-order valence-electron chi connectivity index (χ0n) is 13.7. The molecule has 1 aliphatic rings. The standard InChI is InChI=1S/C19H19BrFN3S/c20-19-11-15-7-8-23(17(15)12-22-19)13-14-5-9-24(10-6-14)25-18-4-2-1-3-16(18)21/h1-4,7-8,11-12,14H,5-6,9-10,13H2. The fourth-order valence-electron chi connectivity index (χ4n) is 3.34. The third kappa shape index (κ3) is 3.91. The highest BCUT2D eigenvalue weighted by molar-refractivity contribution is 9.10. The predicted octanol–water partition coefficient (Wildman–Crippen LogP) is 5.36. The van der Waals surface area contributed by atoms with E-state index in [0.29, 0.717) is 10.8 Å². The summed E-state index contributed by atoms with van der Waals surface area (Å²) in [5, 5.41) is 1.22. The summed E-state index contributed by atoms with van der Waals surface area (Å²) >= 11 is 4.97. The van der Waals surface area contributed by atoms with Crippen molar-refractivity contribution in [3.8, 4) is 0 Å². The molecule has 1 saturated heterocycles. The highest BCUT2D eigenvalue weighted by Gasteiger charge is 2.21. The number of hydrogen-bond donors (Lipinski definition) is 0. The number of pyridine rings is 1. The zero-order valence-corrected chi connectivity index (χ0v) is 16.1. The molecule has 0 N–H and O–H groups in total. The van der Waals surface area contributed by atoms with Crippen molar-refractivity contribution in [2.24, 2.45) is 5.92 Å². The van der Waals surface area contributed by atoms with Crippen LogP contribution in [0.5, 0.6) is 0 Å². The summed E-state index contributed by atoms with van der Waals surface area (Å²) in [6.07, 6.45) is 6.35. The second-order valence-corrected chi connectivity index (χ2v) is 8.38. The molecular formula is C19H19BrFN3S. The van der Waals surface area contributed by atoms with Gasteiger partial charge in [0.15, 0.2) is 0 Å². The zero-order chi connectivity index (χ0) is 17.2. The van der Waals surface area contributed by atoms with Crippen molar-refractivity contribution in [1.82, 2.24) is 13.9 Å². The van der Waals surface area contributed by atoms with Gasteiger partial charge in [0.2, 0.25) is 0 Å². The van der Waals surface area contributed by atoms with Gasteiger partial charge in [0.25, 0.3) is 0 Å². The van der Waals surface area contributed by atoms with E-state index in [0.717, 1.165) is 37.1 Å². The molecule has 0 atom stereocenters. The summed E-state index contributed by atoms with van der Waals surface area (Å²) in [5.74, 6) is 0.517. The Kier molecular flexibility index (Phi) is 5.10. The van der Waals surface area contributed by atoms with Crippen molar-refractivity contribution in [2.45, 2.75) is 24.3 Å². The van der Waals surface area contributed by atoms with Gasteiger partial charge in [-0.1, -0.05) is 12.1 Å². The Labute approximate surface area is 159 Å². The van der Waals surface area contributed by atoms with Gasteiger partial charge in [-0.15, -0.1) is 0 Å². The fraction of sp³-hybridized carbons (Fsp3) is 0.316. The Hall–Kier alpha value is -1.37. The molecule has 1 fully saturated rings. The van der Waals surface area contributed by atoms with Crippen molar-refractivity contribution in [3.05, 3.63) is 59.2 Å². The number of nitrogens with zero attached hydrogens (tertiary/aromatic N) is 3. The van der Waals surface area contributed by atoms with Crippen molar-refractivity contribution >= 4 is 38.8 Å². The molecule has 3 nitrogen and oxygen atoms in total. The van der Waals surface area contributed by atoms with Gasteiger partial charge in [-0.3, -0.25) is 0 Å². The minimum atomic E-state index is -0.132. The number of piperidine rings is 1. The van der Waals surface area contributed by atoms with E-state index in [1.54, 1.807) is 18.0 Å². The molecule has 6 heteroatoms. The highest BCUT2D eigenvalue weighted by atomic mass is 79.9. The SMILES string of the molecule is Fc1ccccc1SN1CCC(Cn2ccc3cc(Br)ncc32)CC1. The van der Waals surface area contributed by atoms with E-state index in [9.17, 15) is 4.39 Å². The molecule has 0 aliphatic carbocycles. The van der Waals surface area contributed by atoms with Gasteiger partial charge in [0.1, 0.15) is 10.4 Å². The van der Waals surface area contributed by atoms with Crippen LogP contribution in [-0.2, 0) is 6.54 Å². The Balaban J connectivity index is 1.36. The average molecular weight is 420 g/mol. The number of benzene rings is 1. The van der Waals surface area contributed by atoms with Gasteiger partial charge in [0, 0.05) is 31.2 Å². The summed E-state index contributed by atoms with van der Waals surface area (Å²) in [4.78, 5) is 5.07. The molecular weight excluding hydrogens is 401 g/mol. The quantitative estimate of drug-likeness (QED) is 0.419. The second-order valence-electron chi connectivity index (χ2n) is 6.43. The summed E-state index contributed by atoms with van der Waals surface area (Å²) in [6, 6.07) is 11.2. The molecule has 25 heavy (non-hydrogen) atoms. The number of rotatable bonds is 4. The van der Waals surface area contributed by atoms with Crippen LogP contribution in [0, 0.1) is 11.7 Å². The molecule has 0 amide bonds. The Morgan fingerprint density at radius 1 is 1.20 bits per heavy atom. The molecule has 130 valence electrons. The first-order valence-electron chi connectivity index (χ1n) is 8.47. The molecule has 1 aliphatic heterocycles.